The van der Waals surface area contributed by atoms with Gasteiger partial charge in [0.1, 0.15) is 11.9 Å². The van der Waals surface area contributed by atoms with Gasteiger partial charge in [0.05, 0.1) is 5.75 Å². The highest BCUT2D eigenvalue weighted by atomic mass is 32.2. The van der Waals surface area contributed by atoms with Crippen LogP contribution in [0.15, 0.2) is 6.07 Å². The predicted octanol–water partition coefficient (Wildman–Crippen LogP) is 1.29. The van der Waals surface area contributed by atoms with Crippen molar-refractivity contribution in [3.63, 3.8) is 0 Å². The van der Waals surface area contributed by atoms with E-state index < -0.39 is 10.0 Å². The van der Waals surface area contributed by atoms with Gasteiger partial charge in [0.25, 0.3) is 0 Å². The van der Waals surface area contributed by atoms with Crippen LogP contribution in [0.4, 0.5) is 0 Å². The van der Waals surface area contributed by atoms with E-state index in [1.807, 2.05) is 19.9 Å². The van der Waals surface area contributed by atoms with E-state index in [0.717, 1.165) is 5.69 Å². The molecule has 0 bridgehead atoms. The van der Waals surface area contributed by atoms with E-state index in [4.69, 9.17) is 4.74 Å². The average Bonchev–Trinajstić information content (AvgIpc) is 2.38. The first-order chi connectivity index (χ1) is 9.40. The van der Waals surface area contributed by atoms with Gasteiger partial charge in [0.15, 0.2) is 0 Å². The van der Waals surface area contributed by atoms with Crippen LogP contribution in [0.3, 0.4) is 0 Å². The van der Waals surface area contributed by atoms with Crippen LogP contribution in [-0.4, -0.2) is 47.6 Å². The van der Waals surface area contributed by atoms with E-state index in [0.29, 0.717) is 37.6 Å². The SMILES string of the molecule is CCS(=O)(=O)N1CCC(Oc2cc(C)nc(C)n2)CC1. The Kier molecular flexibility index (Phi) is 4.59. The normalized spacial score (nSPS) is 18.1. The molecule has 0 N–H and O–H groups in total. The van der Waals surface area contributed by atoms with Crippen molar-refractivity contribution in [2.45, 2.75) is 39.7 Å². The first-order valence-corrected chi connectivity index (χ1v) is 8.48. The number of ether oxygens (including phenoxy) is 1. The van der Waals surface area contributed by atoms with E-state index >= 15 is 0 Å². The molecule has 0 saturated carbocycles. The van der Waals surface area contributed by atoms with Gasteiger partial charge in [-0.15, -0.1) is 0 Å². The van der Waals surface area contributed by atoms with Crippen LogP contribution in [0.2, 0.25) is 0 Å². The summed E-state index contributed by atoms with van der Waals surface area (Å²) in [7, 11) is -3.08. The van der Waals surface area contributed by atoms with Crippen molar-refractivity contribution in [1.29, 1.82) is 0 Å². The zero-order valence-corrected chi connectivity index (χ0v) is 13.0. The Labute approximate surface area is 120 Å². The molecule has 0 aromatic carbocycles. The van der Waals surface area contributed by atoms with Gasteiger partial charge >= 0.3 is 0 Å². The molecule has 1 aliphatic rings. The Morgan fingerprint density at radius 3 is 2.50 bits per heavy atom. The molecule has 0 radical (unpaired) electrons. The fourth-order valence-electron chi connectivity index (χ4n) is 2.32. The Balaban J connectivity index is 1.95. The van der Waals surface area contributed by atoms with E-state index in [1.54, 1.807) is 11.2 Å². The summed E-state index contributed by atoms with van der Waals surface area (Å²) in [5, 5.41) is 0. The maximum atomic E-state index is 11.8. The lowest BCUT2D eigenvalue weighted by molar-refractivity contribution is 0.129. The van der Waals surface area contributed by atoms with Crippen LogP contribution in [0.1, 0.15) is 31.3 Å². The molecule has 1 aromatic rings. The molecule has 7 heteroatoms. The number of aryl methyl sites for hydroxylation is 2. The maximum absolute atomic E-state index is 11.8. The highest BCUT2D eigenvalue weighted by Gasteiger charge is 2.27. The molecule has 0 aliphatic carbocycles. The van der Waals surface area contributed by atoms with Crippen molar-refractivity contribution in [1.82, 2.24) is 14.3 Å². The Morgan fingerprint density at radius 2 is 1.95 bits per heavy atom. The minimum Gasteiger partial charge on any atom is -0.474 e. The molecule has 0 spiro atoms. The summed E-state index contributed by atoms with van der Waals surface area (Å²) in [6.45, 7) is 6.44. The van der Waals surface area contributed by atoms with Gasteiger partial charge < -0.3 is 4.74 Å². The van der Waals surface area contributed by atoms with Crippen molar-refractivity contribution in [3.05, 3.63) is 17.6 Å². The summed E-state index contributed by atoms with van der Waals surface area (Å²) in [6.07, 6.45) is 1.41. The lowest BCUT2D eigenvalue weighted by atomic mass is 10.1. The number of rotatable bonds is 4. The second-order valence-electron chi connectivity index (χ2n) is 5.01. The molecule has 6 nitrogen and oxygen atoms in total. The van der Waals surface area contributed by atoms with Crippen LogP contribution < -0.4 is 4.74 Å². The lowest BCUT2D eigenvalue weighted by Crippen LogP contribution is -2.42. The summed E-state index contributed by atoms with van der Waals surface area (Å²) in [5.74, 6) is 1.42. The molecule has 1 saturated heterocycles. The van der Waals surface area contributed by atoms with Crippen LogP contribution in [0.25, 0.3) is 0 Å². The minimum atomic E-state index is -3.08. The van der Waals surface area contributed by atoms with Crippen molar-refractivity contribution in [3.8, 4) is 5.88 Å². The van der Waals surface area contributed by atoms with Gasteiger partial charge in [0, 0.05) is 24.8 Å². The van der Waals surface area contributed by atoms with Crippen molar-refractivity contribution in [2.24, 2.45) is 0 Å². The fraction of sp³-hybridized carbons (Fsp3) is 0.692. The first-order valence-electron chi connectivity index (χ1n) is 6.87. The van der Waals surface area contributed by atoms with Crippen LogP contribution in [-0.2, 0) is 10.0 Å². The number of hydrogen-bond acceptors (Lipinski definition) is 5. The molecule has 2 rings (SSSR count). The van der Waals surface area contributed by atoms with Gasteiger partial charge in [-0.3, -0.25) is 0 Å². The molecule has 0 atom stereocenters. The summed E-state index contributed by atoms with van der Waals surface area (Å²) in [6, 6.07) is 1.81. The minimum absolute atomic E-state index is 0.0204. The van der Waals surface area contributed by atoms with Crippen molar-refractivity contribution in [2.75, 3.05) is 18.8 Å². The first kappa shape index (κ1) is 15.2. The largest absolute Gasteiger partial charge is 0.474 e. The summed E-state index contributed by atoms with van der Waals surface area (Å²) >= 11 is 0. The van der Waals surface area contributed by atoms with Gasteiger partial charge in [-0.2, -0.15) is 4.98 Å². The van der Waals surface area contributed by atoms with Crippen LogP contribution >= 0.6 is 0 Å². The zero-order valence-electron chi connectivity index (χ0n) is 12.2. The third kappa shape index (κ3) is 3.67. The molecule has 112 valence electrons. The Bertz CT molecular complexity index is 546. The molecule has 0 unspecified atom stereocenters. The topological polar surface area (TPSA) is 72.4 Å². The van der Waals surface area contributed by atoms with Gasteiger partial charge in [-0.25, -0.2) is 17.7 Å². The van der Waals surface area contributed by atoms with E-state index in [9.17, 15) is 8.42 Å². The number of aromatic nitrogens is 2. The fourth-order valence-corrected chi connectivity index (χ4v) is 3.46. The van der Waals surface area contributed by atoms with Crippen molar-refractivity contribution >= 4 is 10.0 Å². The summed E-state index contributed by atoms with van der Waals surface area (Å²) in [5.41, 5.74) is 0.874. The van der Waals surface area contributed by atoms with E-state index in [2.05, 4.69) is 9.97 Å². The second kappa shape index (κ2) is 6.05. The zero-order chi connectivity index (χ0) is 14.8. The number of hydrogen-bond donors (Lipinski definition) is 0. The highest BCUT2D eigenvalue weighted by molar-refractivity contribution is 7.89. The molecule has 1 fully saturated rings. The number of piperidine rings is 1. The third-order valence-corrected chi connectivity index (χ3v) is 5.27. The third-order valence-electron chi connectivity index (χ3n) is 3.39. The molecule has 0 amide bonds. The Hall–Kier alpha value is -1.21. The average molecular weight is 299 g/mol. The standard InChI is InChI=1S/C13H21N3O3S/c1-4-20(17,18)16-7-5-12(6-8-16)19-13-9-10(2)14-11(3)15-13/h9,12H,4-8H2,1-3H3. The molecule has 2 heterocycles. The maximum Gasteiger partial charge on any atom is 0.217 e. The number of sulfonamides is 1. The Morgan fingerprint density at radius 1 is 1.30 bits per heavy atom. The lowest BCUT2D eigenvalue weighted by Gasteiger charge is -2.30. The number of nitrogens with zero attached hydrogens (tertiary/aromatic N) is 3. The van der Waals surface area contributed by atoms with E-state index in [1.165, 1.54) is 0 Å². The molecule has 20 heavy (non-hydrogen) atoms. The van der Waals surface area contributed by atoms with Gasteiger partial charge in [-0.05, 0) is 33.6 Å². The van der Waals surface area contributed by atoms with Gasteiger partial charge in [0.2, 0.25) is 15.9 Å². The molecular weight excluding hydrogens is 278 g/mol. The molecular formula is C13H21N3O3S. The highest BCUT2D eigenvalue weighted by Crippen LogP contribution is 2.19. The van der Waals surface area contributed by atoms with E-state index in [-0.39, 0.29) is 11.9 Å². The predicted molar refractivity (Wildman–Crippen MR) is 76.2 cm³/mol. The summed E-state index contributed by atoms with van der Waals surface area (Å²) in [4.78, 5) is 8.45. The van der Waals surface area contributed by atoms with Crippen LogP contribution in [0.5, 0.6) is 5.88 Å². The molecule has 1 aliphatic heterocycles. The summed E-state index contributed by atoms with van der Waals surface area (Å²) < 4.78 is 30.9. The van der Waals surface area contributed by atoms with Gasteiger partial charge in [-0.1, -0.05) is 0 Å². The monoisotopic (exact) mass is 299 g/mol. The smallest absolute Gasteiger partial charge is 0.217 e. The van der Waals surface area contributed by atoms with Crippen molar-refractivity contribution < 1.29 is 13.2 Å². The molecule has 1 aromatic heterocycles. The van der Waals surface area contributed by atoms with Crippen LogP contribution in [0, 0.1) is 13.8 Å². The quantitative estimate of drug-likeness (QED) is 0.837. The second-order valence-corrected chi connectivity index (χ2v) is 7.27.